The van der Waals surface area contributed by atoms with E-state index in [1.165, 1.54) is 0 Å². The summed E-state index contributed by atoms with van der Waals surface area (Å²) in [5, 5.41) is 3.18. The molecule has 2 rings (SSSR count). The quantitative estimate of drug-likeness (QED) is 0.796. The average Bonchev–Trinajstić information content (AvgIpc) is 2.57. The molecule has 2 unspecified atom stereocenters. The zero-order valence-electron chi connectivity index (χ0n) is 11.1. The van der Waals surface area contributed by atoms with Crippen molar-refractivity contribution in [3.63, 3.8) is 0 Å². The number of hydrogen-bond acceptors (Lipinski definition) is 4. The van der Waals surface area contributed by atoms with Crippen molar-refractivity contribution in [1.29, 1.82) is 0 Å². The van der Waals surface area contributed by atoms with Crippen LogP contribution in [0.1, 0.15) is 33.1 Å². The Morgan fingerprint density at radius 2 is 2.22 bits per heavy atom. The van der Waals surface area contributed by atoms with Gasteiger partial charge in [0.2, 0.25) is 5.91 Å². The van der Waals surface area contributed by atoms with E-state index in [0.717, 1.165) is 19.4 Å². The first-order chi connectivity index (χ1) is 8.38. The van der Waals surface area contributed by atoms with Crippen LogP contribution in [0.15, 0.2) is 0 Å². The van der Waals surface area contributed by atoms with Gasteiger partial charge in [0, 0.05) is 6.54 Å². The molecule has 2 aliphatic rings. The van der Waals surface area contributed by atoms with Gasteiger partial charge in [-0.15, -0.1) is 0 Å². The Kier molecular flexibility index (Phi) is 3.69. The maximum atomic E-state index is 12.4. The Morgan fingerprint density at radius 3 is 2.78 bits per heavy atom. The number of carbonyl (C=O) groups excluding carboxylic acids is 1. The summed E-state index contributed by atoms with van der Waals surface area (Å²) in [5.41, 5.74) is -0.496. The van der Waals surface area contributed by atoms with Gasteiger partial charge >= 0.3 is 0 Å². The monoisotopic (exact) mass is 274 g/mol. The minimum atomic E-state index is -2.97. The lowest BCUT2D eigenvalue weighted by Crippen LogP contribution is -2.59. The van der Waals surface area contributed by atoms with E-state index >= 15 is 0 Å². The smallest absolute Gasteiger partial charge is 0.240 e. The number of likely N-dealkylation sites (tertiary alicyclic amines) is 1. The molecule has 5 nitrogen and oxygen atoms in total. The predicted molar refractivity (Wildman–Crippen MR) is 70.1 cm³/mol. The van der Waals surface area contributed by atoms with Crippen LogP contribution >= 0.6 is 0 Å². The number of hydrogen-bond donors (Lipinski definition) is 1. The minimum absolute atomic E-state index is 0.0719. The minimum Gasteiger partial charge on any atom is -0.335 e. The molecule has 2 fully saturated rings. The zero-order chi connectivity index (χ0) is 13.4. The molecule has 0 aliphatic carbocycles. The van der Waals surface area contributed by atoms with Crippen LogP contribution < -0.4 is 5.32 Å². The third-order valence-electron chi connectivity index (χ3n) is 4.02. The molecule has 0 aromatic heterocycles. The molecular formula is C12H22N2O3S. The lowest BCUT2D eigenvalue weighted by molar-refractivity contribution is -0.141. The highest BCUT2D eigenvalue weighted by molar-refractivity contribution is 7.91. The van der Waals surface area contributed by atoms with Crippen LogP contribution in [0.25, 0.3) is 0 Å². The van der Waals surface area contributed by atoms with Gasteiger partial charge in [0.15, 0.2) is 9.84 Å². The largest absolute Gasteiger partial charge is 0.335 e. The van der Waals surface area contributed by atoms with Gasteiger partial charge in [-0.25, -0.2) is 8.42 Å². The number of piperidine rings is 1. The summed E-state index contributed by atoms with van der Waals surface area (Å²) in [6.07, 6.45) is 2.37. The normalized spacial score (nSPS) is 36.0. The second-order valence-corrected chi connectivity index (χ2v) is 7.77. The molecule has 0 radical (unpaired) electrons. The van der Waals surface area contributed by atoms with Crippen LogP contribution in [0, 0.1) is 0 Å². The lowest BCUT2D eigenvalue weighted by atomic mass is 9.93. The summed E-state index contributed by atoms with van der Waals surface area (Å²) >= 11 is 0. The molecule has 1 N–H and O–H groups in total. The van der Waals surface area contributed by atoms with Gasteiger partial charge in [-0.1, -0.05) is 6.92 Å². The number of likely N-dealkylation sites (N-methyl/N-ethyl adjacent to an activating group) is 1. The fourth-order valence-corrected chi connectivity index (χ4v) is 5.20. The average molecular weight is 274 g/mol. The van der Waals surface area contributed by atoms with Gasteiger partial charge in [-0.2, -0.15) is 0 Å². The van der Waals surface area contributed by atoms with Crippen LogP contribution in [0.4, 0.5) is 0 Å². The van der Waals surface area contributed by atoms with Crippen LogP contribution in [-0.4, -0.2) is 55.4 Å². The van der Waals surface area contributed by atoms with Crippen molar-refractivity contribution in [2.24, 2.45) is 0 Å². The molecule has 0 spiro atoms. The van der Waals surface area contributed by atoms with E-state index in [2.05, 4.69) is 5.32 Å². The maximum Gasteiger partial charge on any atom is 0.240 e. The highest BCUT2D eigenvalue weighted by Crippen LogP contribution is 2.32. The number of nitrogens with one attached hydrogen (secondary N) is 1. The Labute approximate surface area is 109 Å². The molecule has 0 aromatic carbocycles. The summed E-state index contributed by atoms with van der Waals surface area (Å²) in [7, 11) is -2.97. The Hall–Kier alpha value is -0.620. The number of carbonyl (C=O) groups is 1. The maximum absolute atomic E-state index is 12.4. The van der Waals surface area contributed by atoms with Gasteiger partial charge in [0.25, 0.3) is 0 Å². The van der Waals surface area contributed by atoms with Crippen molar-refractivity contribution in [3.8, 4) is 0 Å². The molecule has 18 heavy (non-hydrogen) atoms. The topological polar surface area (TPSA) is 66.5 Å². The number of nitrogens with zero attached hydrogens (tertiary/aromatic N) is 1. The highest BCUT2D eigenvalue weighted by Gasteiger charge is 2.46. The van der Waals surface area contributed by atoms with Crippen LogP contribution in [0.2, 0.25) is 0 Å². The van der Waals surface area contributed by atoms with E-state index in [0.29, 0.717) is 13.0 Å². The van der Waals surface area contributed by atoms with E-state index in [1.54, 1.807) is 4.90 Å². The molecule has 2 heterocycles. The van der Waals surface area contributed by atoms with Crippen molar-refractivity contribution in [3.05, 3.63) is 0 Å². The first kappa shape index (κ1) is 13.8. The van der Waals surface area contributed by atoms with Crippen molar-refractivity contribution in [2.75, 3.05) is 24.6 Å². The Bertz CT molecular complexity index is 433. The van der Waals surface area contributed by atoms with E-state index in [-0.39, 0.29) is 23.5 Å². The molecule has 2 atom stereocenters. The fraction of sp³-hybridized carbons (Fsp3) is 0.917. The Balaban J connectivity index is 2.15. The zero-order valence-corrected chi connectivity index (χ0v) is 11.9. The fourth-order valence-electron chi connectivity index (χ4n) is 3.05. The van der Waals surface area contributed by atoms with Gasteiger partial charge < -0.3 is 10.2 Å². The molecule has 0 bridgehead atoms. The molecule has 104 valence electrons. The van der Waals surface area contributed by atoms with Crippen molar-refractivity contribution in [1.82, 2.24) is 10.2 Å². The van der Waals surface area contributed by atoms with Crippen LogP contribution in [0.5, 0.6) is 0 Å². The second kappa shape index (κ2) is 4.81. The van der Waals surface area contributed by atoms with Gasteiger partial charge in [0.05, 0.1) is 23.1 Å². The summed E-state index contributed by atoms with van der Waals surface area (Å²) in [6.45, 7) is 5.34. The number of sulfone groups is 1. The summed E-state index contributed by atoms with van der Waals surface area (Å²) in [5.74, 6) is 0.395. The third kappa shape index (κ3) is 2.54. The summed E-state index contributed by atoms with van der Waals surface area (Å²) < 4.78 is 23.3. The highest BCUT2D eigenvalue weighted by atomic mass is 32.2. The van der Waals surface area contributed by atoms with E-state index in [1.807, 2.05) is 13.8 Å². The van der Waals surface area contributed by atoms with E-state index < -0.39 is 15.4 Å². The van der Waals surface area contributed by atoms with Crippen LogP contribution in [-0.2, 0) is 14.6 Å². The molecule has 0 aromatic rings. The third-order valence-corrected chi connectivity index (χ3v) is 5.91. The number of amides is 1. The molecule has 2 aliphatic heterocycles. The summed E-state index contributed by atoms with van der Waals surface area (Å²) in [6, 6.07) is -0.135. The van der Waals surface area contributed by atoms with Crippen LogP contribution in [0.3, 0.4) is 0 Å². The van der Waals surface area contributed by atoms with Gasteiger partial charge in [-0.3, -0.25) is 4.79 Å². The van der Waals surface area contributed by atoms with E-state index in [9.17, 15) is 13.2 Å². The van der Waals surface area contributed by atoms with Crippen molar-refractivity contribution >= 4 is 15.7 Å². The number of rotatable bonds is 3. The summed E-state index contributed by atoms with van der Waals surface area (Å²) in [4.78, 5) is 14.2. The first-order valence-corrected chi connectivity index (χ1v) is 8.45. The molecular weight excluding hydrogens is 252 g/mol. The van der Waals surface area contributed by atoms with E-state index in [4.69, 9.17) is 0 Å². The van der Waals surface area contributed by atoms with Crippen molar-refractivity contribution < 1.29 is 13.2 Å². The Morgan fingerprint density at radius 1 is 1.50 bits per heavy atom. The van der Waals surface area contributed by atoms with Gasteiger partial charge in [0.1, 0.15) is 0 Å². The molecule has 0 saturated carbocycles. The van der Waals surface area contributed by atoms with Gasteiger partial charge in [-0.05, 0) is 32.7 Å². The SMILES string of the molecule is CCNC1CCCN(C2(C)CCS(=O)(=O)C2)C1=O. The first-order valence-electron chi connectivity index (χ1n) is 6.63. The standard InChI is InChI=1S/C12H22N2O3S/c1-3-13-10-5-4-7-14(11(10)15)12(2)6-8-18(16,17)9-12/h10,13H,3-9H2,1-2H3. The molecule has 1 amide bonds. The lowest BCUT2D eigenvalue weighted by Gasteiger charge is -2.42. The second-order valence-electron chi connectivity index (χ2n) is 5.58. The predicted octanol–water partition coefficient (Wildman–Crippen LogP) is 0.164. The van der Waals surface area contributed by atoms with Crippen molar-refractivity contribution in [2.45, 2.75) is 44.7 Å². The molecule has 6 heteroatoms. The molecule has 2 saturated heterocycles.